The van der Waals surface area contributed by atoms with Crippen LogP contribution in [0, 0.1) is 11.3 Å². The Bertz CT molecular complexity index is 176. The second-order valence-electron chi connectivity index (χ2n) is 5.06. The highest BCUT2D eigenvalue weighted by atomic mass is 14.3. The summed E-state index contributed by atoms with van der Waals surface area (Å²) in [7, 11) is 0. The van der Waals surface area contributed by atoms with Crippen molar-refractivity contribution < 1.29 is 0 Å². The lowest BCUT2D eigenvalue weighted by Crippen LogP contribution is -2.25. The van der Waals surface area contributed by atoms with E-state index >= 15 is 0 Å². The zero-order valence-corrected chi connectivity index (χ0v) is 9.69. The Labute approximate surface area is 83.4 Å². The van der Waals surface area contributed by atoms with Crippen LogP contribution in [-0.2, 0) is 0 Å². The third-order valence-electron chi connectivity index (χ3n) is 4.05. The Hall–Kier alpha value is -0.260. The molecule has 1 rings (SSSR count). The molecule has 0 radical (unpaired) electrons. The van der Waals surface area contributed by atoms with Crippen LogP contribution in [0.15, 0.2) is 11.6 Å². The van der Waals surface area contributed by atoms with Crippen LogP contribution in [0.4, 0.5) is 0 Å². The molecule has 13 heavy (non-hydrogen) atoms. The van der Waals surface area contributed by atoms with E-state index in [9.17, 15) is 0 Å². The van der Waals surface area contributed by atoms with E-state index < -0.39 is 0 Å². The zero-order chi connectivity index (χ0) is 9.90. The van der Waals surface area contributed by atoms with Crippen molar-refractivity contribution in [3.63, 3.8) is 0 Å². The maximum atomic E-state index is 2.43. The molecule has 0 heteroatoms. The van der Waals surface area contributed by atoms with Crippen LogP contribution in [0.25, 0.3) is 0 Å². The van der Waals surface area contributed by atoms with Crippen molar-refractivity contribution in [2.75, 3.05) is 0 Å². The van der Waals surface area contributed by atoms with E-state index in [0.29, 0.717) is 5.41 Å². The molecular weight excluding hydrogens is 156 g/mol. The topological polar surface area (TPSA) is 0 Å². The monoisotopic (exact) mass is 180 g/mol. The SMILES string of the molecule is CC=C1CCC(C(C)(C)CC)CC1. The Morgan fingerprint density at radius 1 is 1.31 bits per heavy atom. The highest BCUT2D eigenvalue weighted by molar-refractivity contribution is 5.04. The lowest BCUT2D eigenvalue weighted by atomic mass is 9.69. The van der Waals surface area contributed by atoms with Gasteiger partial charge in [0, 0.05) is 0 Å². The zero-order valence-electron chi connectivity index (χ0n) is 9.69. The van der Waals surface area contributed by atoms with E-state index in [4.69, 9.17) is 0 Å². The predicted molar refractivity (Wildman–Crippen MR) is 59.8 cm³/mol. The molecule has 0 aromatic heterocycles. The standard InChI is InChI=1S/C13H24/c1-5-11-7-9-12(10-8-11)13(3,4)6-2/h5,12H,6-10H2,1-4H3. The molecule has 1 fully saturated rings. The summed E-state index contributed by atoms with van der Waals surface area (Å²) in [4.78, 5) is 0. The molecule has 0 heterocycles. The summed E-state index contributed by atoms with van der Waals surface area (Å²) in [5, 5.41) is 0. The van der Waals surface area contributed by atoms with Crippen molar-refractivity contribution in [2.24, 2.45) is 11.3 Å². The van der Waals surface area contributed by atoms with Gasteiger partial charge in [-0.1, -0.05) is 38.8 Å². The van der Waals surface area contributed by atoms with Crippen molar-refractivity contribution >= 4 is 0 Å². The fourth-order valence-corrected chi connectivity index (χ4v) is 2.35. The molecule has 0 bridgehead atoms. The van der Waals surface area contributed by atoms with Gasteiger partial charge in [-0.2, -0.15) is 0 Å². The number of hydrogen-bond donors (Lipinski definition) is 0. The summed E-state index contributed by atoms with van der Waals surface area (Å²) in [5.74, 6) is 0.959. The van der Waals surface area contributed by atoms with Gasteiger partial charge in [0.2, 0.25) is 0 Å². The molecule has 0 aromatic rings. The predicted octanol–water partition coefficient (Wildman–Crippen LogP) is 4.56. The average molecular weight is 180 g/mol. The Morgan fingerprint density at radius 2 is 1.85 bits per heavy atom. The first kappa shape index (κ1) is 10.8. The number of hydrogen-bond acceptors (Lipinski definition) is 0. The van der Waals surface area contributed by atoms with Crippen molar-refractivity contribution in [1.82, 2.24) is 0 Å². The number of allylic oxidation sites excluding steroid dienone is 2. The summed E-state index contributed by atoms with van der Waals surface area (Å²) >= 11 is 0. The molecule has 0 N–H and O–H groups in total. The minimum absolute atomic E-state index is 0.569. The molecule has 0 aromatic carbocycles. The molecule has 1 saturated carbocycles. The van der Waals surface area contributed by atoms with Gasteiger partial charge in [0.25, 0.3) is 0 Å². The molecule has 0 nitrogen and oxygen atoms in total. The quantitative estimate of drug-likeness (QED) is 0.546. The third kappa shape index (κ3) is 2.59. The van der Waals surface area contributed by atoms with Crippen LogP contribution in [0.3, 0.4) is 0 Å². The highest BCUT2D eigenvalue weighted by Crippen LogP contribution is 2.41. The van der Waals surface area contributed by atoms with Crippen molar-refractivity contribution in [3.05, 3.63) is 11.6 Å². The van der Waals surface area contributed by atoms with Crippen LogP contribution in [0.1, 0.15) is 59.8 Å². The number of rotatable bonds is 2. The first-order chi connectivity index (χ1) is 6.10. The minimum Gasteiger partial charge on any atom is -0.0885 e. The van der Waals surface area contributed by atoms with Gasteiger partial charge in [-0.05, 0) is 43.9 Å². The normalized spacial score (nSPS) is 24.6. The van der Waals surface area contributed by atoms with E-state index in [2.05, 4.69) is 33.8 Å². The second-order valence-corrected chi connectivity index (χ2v) is 5.06. The summed E-state index contributed by atoms with van der Waals surface area (Å²) in [6.45, 7) is 9.36. The molecule has 0 atom stereocenters. The highest BCUT2D eigenvalue weighted by Gasteiger charge is 2.29. The summed E-state index contributed by atoms with van der Waals surface area (Å²) in [5.41, 5.74) is 2.25. The van der Waals surface area contributed by atoms with Gasteiger partial charge < -0.3 is 0 Å². The fourth-order valence-electron chi connectivity index (χ4n) is 2.35. The molecule has 0 unspecified atom stereocenters. The molecule has 1 aliphatic rings. The van der Waals surface area contributed by atoms with E-state index in [1.807, 2.05) is 0 Å². The maximum absolute atomic E-state index is 2.43. The first-order valence-corrected chi connectivity index (χ1v) is 5.74. The van der Waals surface area contributed by atoms with Crippen LogP contribution in [0.2, 0.25) is 0 Å². The third-order valence-corrected chi connectivity index (χ3v) is 4.05. The Balaban J connectivity index is 2.50. The van der Waals surface area contributed by atoms with E-state index in [1.54, 1.807) is 5.57 Å². The van der Waals surface area contributed by atoms with Gasteiger partial charge in [-0.15, -0.1) is 0 Å². The first-order valence-electron chi connectivity index (χ1n) is 5.74. The van der Waals surface area contributed by atoms with E-state index in [0.717, 1.165) is 5.92 Å². The fraction of sp³-hybridized carbons (Fsp3) is 0.846. The van der Waals surface area contributed by atoms with Gasteiger partial charge >= 0.3 is 0 Å². The van der Waals surface area contributed by atoms with Crippen molar-refractivity contribution in [3.8, 4) is 0 Å². The van der Waals surface area contributed by atoms with Gasteiger partial charge in [0.1, 0.15) is 0 Å². The lowest BCUT2D eigenvalue weighted by Gasteiger charge is -2.37. The lowest BCUT2D eigenvalue weighted by molar-refractivity contribution is 0.167. The van der Waals surface area contributed by atoms with Gasteiger partial charge in [0.05, 0.1) is 0 Å². The van der Waals surface area contributed by atoms with Crippen LogP contribution >= 0.6 is 0 Å². The van der Waals surface area contributed by atoms with Crippen LogP contribution in [-0.4, -0.2) is 0 Å². The summed E-state index contributed by atoms with van der Waals surface area (Å²) in [6, 6.07) is 0. The summed E-state index contributed by atoms with van der Waals surface area (Å²) in [6.07, 6.45) is 9.17. The van der Waals surface area contributed by atoms with Crippen LogP contribution < -0.4 is 0 Å². The molecule has 0 spiro atoms. The van der Waals surface area contributed by atoms with E-state index in [-0.39, 0.29) is 0 Å². The van der Waals surface area contributed by atoms with Crippen LogP contribution in [0.5, 0.6) is 0 Å². The Morgan fingerprint density at radius 3 is 2.23 bits per heavy atom. The van der Waals surface area contributed by atoms with E-state index in [1.165, 1.54) is 32.1 Å². The van der Waals surface area contributed by atoms with Gasteiger partial charge in [0.15, 0.2) is 0 Å². The van der Waals surface area contributed by atoms with Crippen molar-refractivity contribution in [1.29, 1.82) is 0 Å². The average Bonchev–Trinajstić information content (AvgIpc) is 2.18. The van der Waals surface area contributed by atoms with Crippen molar-refractivity contribution in [2.45, 2.75) is 59.8 Å². The minimum atomic E-state index is 0.569. The molecular formula is C13H24. The smallest absolute Gasteiger partial charge is 0.0318 e. The Kier molecular flexibility index (Phi) is 3.58. The largest absolute Gasteiger partial charge is 0.0885 e. The molecule has 0 saturated heterocycles. The second kappa shape index (κ2) is 4.30. The summed E-state index contributed by atoms with van der Waals surface area (Å²) < 4.78 is 0. The maximum Gasteiger partial charge on any atom is -0.0318 e. The molecule has 0 aliphatic heterocycles. The van der Waals surface area contributed by atoms with Gasteiger partial charge in [-0.3, -0.25) is 0 Å². The van der Waals surface area contributed by atoms with Gasteiger partial charge in [-0.25, -0.2) is 0 Å². The molecule has 76 valence electrons. The molecule has 1 aliphatic carbocycles. The molecule has 0 amide bonds.